The largest absolute Gasteiger partial charge is 0.379 e. The van der Waals surface area contributed by atoms with Gasteiger partial charge in [-0.1, -0.05) is 0 Å². The Balaban J connectivity index is 1.79. The van der Waals surface area contributed by atoms with Crippen molar-refractivity contribution in [1.29, 1.82) is 0 Å². The third kappa shape index (κ3) is 4.53. The van der Waals surface area contributed by atoms with Crippen molar-refractivity contribution in [3.8, 4) is 0 Å². The maximum atomic E-state index is 13.4. The van der Waals surface area contributed by atoms with Gasteiger partial charge in [-0.05, 0) is 25.1 Å². The number of halogens is 2. The second-order valence-corrected chi connectivity index (χ2v) is 4.93. The van der Waals surface area contributed by atoms with Gasteiger partial charge in [0.1, 0.15) is 11.6 Å². The Labute approximate surface area is 112 Å². The molecule has 0 bridgehead atoms. The average Bonchev–Trinajstić information content (AvgIpc) is 2.41. The molecule has 1 N–H and O–H groups in total. The first kappa shape index (κ1) is 14.4. The zero-order valence-corrected chi connectivity index (χ0v) is 11.2. The zero-order valence-electron chi connectivity index (χ0n) is 11.2. The predicted molar refractivity (Wildman–Crippen MR) is 69.9 cm³/mol. The molecule has 1 aromatic carbocycles. The minimum atomic E-state index is -0.404. The molecule has 5 heteroatoms. The van der Waals surface area contributed by atoms with E-state index in [4.69, 9.17) is 4.74 Å². The summed E-state index contributed by atoms with van der Waals surface area (Å²) in [6, 6.07) is 3.76. The van der Waals surface area contributed by atoms with E-state index in [-0.39, 0.29) is 11.9 Å². The van der Waals surface area contributed by atoms with Gasteiger partial charge in [0, 0.05) is 37.8 Å². The highest BCUT2D eigenvalue weighted by Gasteiger charge is 2.13. The Hall–Kier alpha value is -1.04. The molecule has 0 spiro atoms. The van der Waals surface area contributed by atoms with Gasteiger partial charge < -0.3 is 10.1 Å². The highest BCUT2D eigenvalue weighted by molar-refractivity contribution is 5.18. The van der Waals surface area contributed by atoms with E-state index in [1.807, 2.05) is 6.92 Å². The average molecular weight is 270 g/mol. The lowest BCUT2D eigenvalue weighted by molar-refractivity contribution is 0.0343. The van der Waals surface area contributed by atoms with Gasteiger partial charge >= 0.3 is 0 Å². The van der Waals surface area contributed by atoms with E-state index in [2.05, 4.69) is 10.2 Å². The molecule has 0 amide bonds. The first-order chi connectivity index (χ1) is 9.15. The van der Waals surface area contributed by atoms with Crippen LogP contribution in [0.1, 0.15) is 12.5 Å². The smallest absolute Gasteiger partial charge is 0.127 e. The van der Waals surface area contributed by atoms with Crippen molar-refractivity contribution in [3.05, 3.63) is 35.4 Å². The van der Waals surface area contributed by atoms with Crippen molar-refractivity contribution in [2.24, 2.45) is 0 Å². The van der Waals surface area contributed by atoms with Crippen molar-refractivity contribution in [1.82, 2.24) is 10.2 Å². The Bertz CT molecular complexity index is 408. The SMILES string of the molecule is C[C@@H](CN1CCOCC1)NCc1cc(F)ccc1F. The maximum absolute atomic E-state index is 13.4. The Morgan fingerprint density at radius 2 is 2.05 bits per heavy atom. The molecule has 0 radical (unpaired) electrons. The molecule has 3 nitrogen and oxygen atoms in total. The van der Waals surface area contributed by atoms with E-state index in [0.717, 1.165) is 38.9 Å². The van der Waals surface area contributed by atoms with Gasteiger partial charge in [-0.3, -0.25) is 4.90 Å². The van der Waals surface area contributed by atoms with Crippen LogP contribution in [0, 0.1) is 11.6 Å². The third-order valence-electron chi connectivity index (χ3n) is 3.28. The van der Waals surface area contributed by atoms with E-state index >= 15 is 0 Å². The van der Waals surface area contributed by atoms with Gasteiger partial charge in [-0.15, -0.1) is 0 Å². The molecule has 0 unspecified atom stereocenters. The number of nitrogens with zero attached hydrogens (tertiary/aromatic N) is 1. The second kappa shape index (κ2) is 6.93. The summed E-state index contributed by atoms with van der Waals surface area (Å²) in [5.74, 6) is -0.772. The van der Waals surface area contributed by atoms with E-state index in [1.165, 1.54) is 12.1 Å². The van der Waals surface area contributed by atoms with Crippen LogP contribution in [0.3, 0.4) is 0 Å². The minimum Gasteiger partial charge on any atom is -0.379 e. The standard InChI is InChI=1S/C14H20F2N2O/c1-11(10-18-4-6-19-7-5-18)17-9-12-8-13(15)2-3-14(12)16/h2-3,8,11,17H,4-7,9-10H2,1H3/t11-/m0/s1. The van der Waals surface area contributed by atoms with Crippen molar-refractivity contribution in [2.45, 2.75) is 19.5 Å². The Morgan fingerprint density at radius 3 is 2.79 bits per heavy atom. The summed E-state index contributed by atoms with van der Waals surface area (Å²) in [5, 5.41) is 3.23. The van der Waals surface area contributed by atoms with Crippen molar-refractivity contribution in [2.75, 3.05) is 32.8 Å². The number of hydrogen-bond acceptors (Lipinski definition) is 3. The summed E-state index contributed by atoms with van der Waals surface area (Å²) in [6.07, 6.45) is 0. The second-order valence-electron chi connectivity index (χ2n) is 4.93. The number of nitrogens with one attached hydrogen (secondary N) is 1. The molecular formula is C14H20F2N2O. The summed E-state index contributed by atoms with van der Waals surface area (Å²) in [4.78, 5) is 2.31. The fraction of sp³-hybridized carbons (Fsp3) is 0.571. The molecule has 1 saturated heterocycles. The topological polar surface area (TPSA) is 24.5 Å². The van der Waals surface area contributed by atoms with E-state index in [1.54, 1.807) is 0 Å². The lowest BCUT2D eigenvalue weighted by Gasteiger charge is -2.29. The van der Waals surface area contributed by atoms with Crippen LogP contribution < -0.4 is 5.32 Å². The predicted octanol–water partition coefficient (Wildman–Crippen LogP) is 1.78. The first-order valence-electron chi connectivity index (χ1n) is 6.62. The Kier molecular flexibility index (Phi) is 5.24. The normalized spacial score (nSPS) is 18.5. The molecular weight excluding hydrogens is 250 g/mol. The molecule has 1 aliphatic heterocycles. The molecule has 1 heterocycles. The van der Waals surface area contributed by atoms with Crippen LogP contribution in [-0.4, -0.2) is 43.8 Å². The lowest BCUT2D eigenvalue weighted by atomic mass is 10.2. The maximum Gasteiger partial charge on any atom is 0.127 e. The van der Waals surface area contributed by atoms with Gasteiger partial charge in [0.25, 0.3) is 0 Å². The van der Waals surface area contributed by atoms with E-state index < -0.39 is 5.82 Å². The molecule has 1 atom stereocenters. The molecule has 0 aromatic heterocycles. The molecule has 0 saturated carbocycles. The fourth-order valence-corrected chi connectivity index (χ4v) is 2.20. The van der Waals surface area contributed by atoms with Crippen LogP contribution in [0.15, 0.2) is 18.2 Å². The minimum absolute atomic E-state index is 0.223. The van der Waals surface area contributed by atoms with Crippen LogP contribution in [0.2, 0.25) is 0 Å². The summed E-state index contributed by atoms with van der Waals surface area (Å²) < 4.78 is 31.8. The number of ether oxygens (including phenoxy) is 1. The molecule has 19 heavy (non-hydrogen) atoms. The molecule has 0 aliphatic carbocycles. The number of morpholine rings is 1. The highest BCUT2D eigenvalue weighted by Crippen LogP contribution is 2.09. The van der Waals surface area contributed by atoms with E-state index in [9.17, 15) is 8.78 Å². The number of rotatable bonds is 5. The zero-order chi connectivity index (χ0) is 13.7. The highest BCUT2D eigenvalue weighted by atomic mass is 19.1. The van der Waals surface area contributed by atoms with Gasteiger partial charge in [0.05, 0.1) is 13.2 Å². The monoisotopic (exact) mass is 270 g/mol. The van der Waals surface area contributed by atoms with Crippen LogP contribution in [-0.2, 0) is 11.3 Å². The summed E-state index contributed by atoms with van der Waals surface area (Å²) in [7, 11) is 0. The molecule has 1 fully saturated rings. The van der Waals surface area contributed by atoms with Gasteiger partial charge in [0.15, 0.2) is 0 Å². The van der Waals surface area contributed by atoms with Crippen LogP contribution in [0.25, 0.3) is 0 Å². The number of benzene rings is 1. The van der Waals surface area contributed by atoms with Crippen LogP contribution in [0.4, 0.5) is 8.78 Å². The van der Waals surface area contributed by atoms with Crippen molar-refractivity contribution in [3.63, 3.8) is 0 Å². The molecule has 1 aromatic rings. The van der Waals surface area contributed by atoms with Gasteiger partial charge in [0.2, 0.25) is 0 Å². The van der Waals surface area contributed by atoms with Crippen molar-refractivity contribution >= 4 is 0 Å². The summed E-state index contributed by atoms with van der Waals surface area (Å²) in [6.45, 7) is 6.68. The molecule has 2 rings (SSSR count). The third-order valence-corrected chi connectivity index (χ3v) is 3.28. The van der Waals surface area contributed by atoms with Crippen LogP contribution >= 0.6 is 0 Å². The van der Waals surface area contributed by atoms with Crippen molar-refractivity contribution < 1.29 is 13.5 Å². The molecule has 106 valence electrons. The molecule has 1 aliphatic rings. The van der Waals surface area contributed by atoms with Crippen LogP contribution in [0.5, 0.6) is 0 Å². The lowest BCUT2D eigenvalue weighted by Crippen LogP contribution is -2.44. The first-order valence-corrected chi connectivity index (χ1v) is 6.62. The fourth-order valence-electron chi connectivity index (χ4n) is 2.20. The van der Waals surface area contributed by atoms with Gasteiger partial charge in [-0.25, -0.2) is 8.78 Å². The quantitative estimate of drug-likeness (QED) is 0.882. The number of hydrogen-bond donors (Lipinski definition) is 1. The van der Waals surface area contributed by atoms with Gasteiger partial charge in [-0.2, -0.15) is 0 Å². The van der Waals surface area contributed by atoms with E-state index in [0.29, 0.717) is 12.1 Å². The summed E-state index contributed by atoms with van der Waals surface area (Å²) in [5.41, 5.74) is 0.369. The Morgan fingerprint density at radius 1 is 1.32 bits per heavy atom. The summed E-state index contributed by atoms with van der Waals surface area (Å²) >= 11 is 0.